The second-order valence-electron chi connectivity index (χ2n) is 6.02. The minimum atomic E-state index is -0.198. The van der Waals surface area contributed by atoms with Crippen molar-refractivity contribution in [1.29, 1.82) is 0 Å². The van der Waals surface area contributed by atoms with E-state index in [-0.39, 0.29) is 16.9 Å². The molecule has 0 radical (unpaired) electrons. The van der Waals surface area contributed by atoms with E-state index in [0.717, 1.165) is 26.1 Å². The first-order chi connectivity index (χ1) is 11.2. The van der Waals surface area contributed by atoms with Crippen molar-refractivity contribution >= 4 is 17.5 Å². The van der Waals surface area contributed by atoms with Crippen molar-refractivity contribution in [3.63, 3.8) is 0 Å². The maximum atomic E-state index is 11.9. The molecule has 1 fully saturated rings. The molecule has 1 aliphatic rings. The summed E-state index contributed by atoms with van der Waals surface area (Å²) in [4.78, 5) is 14.3. The Balaban J connectivity index is 1.38. The molecule has 0 aliphatic carbocycles. The van der Waals surface area contributed by atoms with Gasteiger partial charge in [0.15, 0.2) is 11.0 Å². The fourth-order valence-electron chi connectivity index (χ4n) is 3.05. The molecule has 23 heavy (non-hydrogen) atoms. The highest BCUT2D eigenvalue weighted by molar-refractivity contribution is 6.29. The molecule has 1 amide bonds. The van der Waals surface area contributed by atoms with E-state index in [2.05, 4.69) is 34.5 Å². The zero-order chi connectivity index (χ0) is 16.1. The van der Waals surface area contributed by atoms with Gasteiger partial charge in [0.25, 0.3) is 5.91 Å². The molecule has 1 saturated heterocycles. The molecule has 1 N–H and O–H groups in total. The molecule has 2 aromatic rings. The zero-order valence-electron chi connectivity index (χ0n) is 13.0. The van der Waals surface area contributed by atoms with E-state index in [9.17, 15) is 4.79 Å². The largest absolute Gasteiger partial charge is 0.440 e. The maximum Gasteiger partial charge on any atom is 0.287 e. The van der Waals surface area contributed by atoms with Crippen molar-refractivity contribution in [2.45, 2.75) is 19.4 Å². The van der Waals surface area contributed by atoms with Crippen molar-refractivity contribution < 1.29 is 9.21 Å². The van der Waals surface area contributed by atoms with E-state index in [1.807, 2.05) is 6.07 Å². The predicted octanol–water partition coefficient (Wildman–Crippen LogP) is 3.58. The number of nitrogens with one attached hydrogen (secondary N) is 1. The zero-order valence-corrected chi connectivity index (χ0v) is 13.8. The molecule has 2 heterocycles. The van der Waals surface area contributed by atoms with Crippen LogP contribution in [0.2, 0.25) is 5.22 Å². The van der Waals surface area contributed by atoms with Crippen molar-refractivity contribution in [3.05, 3.63) is 59.0 Å². The van der Waals surface area contributed by atoms with Crippen molar-refractivity contribution in [3.8, 4) is 0 Å². The third-order valence-corrected chi connectivity index (χ3v) is 4.46. The van der Waals surface area contributed by atoms with Crippen molar-refractivity contribution in [1.82, 2.24) is 10.2 Å². The van der Waals surface area contributed by atoms with Crippen LogP contribution in [0, 0.1) is 5.92 Å². The number of carbonyl (C=O) groups excluding carboxylic acids is 1. The highest BCUT2D eigenvalue weighted by atomic mass is 35.5. The Morgan fingerprint density at radius 3 is 2.83 bits per heavy atom. The molecule has 0 saturated carbocycles. The predicted molar refractivity (Wildman–Crippen MR) is 90.5 cm³/mol. The van der Waals surface area contributed by atoms with Gasteiger partial charge < -0.3 is 9.73 Å². The van der Waals surface area contributed by atoms with E-state index < -0.39 is 0 Å². The molecule has 3 rings (SSSR count). The van der Waals surface area contributed by atoms with E-state index in [0.29, 0.717) is 12.5 Å². The highest BCUT2D eigenvalue weighted by Gasteiger charge is 2.22. The van der Waals surface area contributed by atoms with Crippen LogP contribution < -0.4 is 5.32 Å². The number of carbonyl (C=O) groups is 1. The summed E-state index contributed by atoms with van der Waals surface area (Å²) in [5, 5.41) is 3.13. The molecule has 0 spiro atoms. The lowest BCUT2D eigenvalue weighted by Crippen LogP contribution is -2.26. The number of furan rings is 1. The Morgan fingerprint density at radius 2 is 2.09 bits per heavy atom. The van der Waals surface area contributed by atoms with Crippen LogP contribution in [0.1, 0.15) is 29.0 Å². The van der Waals surface area contributed by atoms with Gasteiger partial charge in [-0.1, -0.05) is 30.3 Å². The summed E-state index contributed by atoms with van der Waals surface area (Å²) in [7, 11) is 0. The lowest BCUT2D eigenvalue weighted by atomic mass is 10.1. The van der Waals surface area contributed by atoms with Gasteiger partial charge in [-0.25, -0.2) is 0 Å². The Hall–Kier alpha value is -1.78. The van der Waals surface area contributed by atoms with Gasteiger partial charge in [-0.05, 0) is 54.6 Å². The Morgan fingerprint density at radius 1 is 1.26 bits per heavy atom. The van der Waals surface area contributed by atoms with Gasteiger partial charge >= 0.3 is 0 Å². The van der Waals surface area contributed by atoms with Gasteiger partial charge in [0.05, 0.1) is 0 Å². The molecule has 0 bridgehead atoms. The number of hydrogen-bond donors (Lipinski definition) is 1. The van der Waals surface area contributed by atoms with Crippen LogP contribution in [-0.4, -0.2) is 30.4 Å². The van der Waals surface area contributed by atoms with Gasteiger partial charge in [0.1, 0.15) is 0 Å². The summed E-state index contributed by atoms with van der Waals surface area (Å²) in [6.45, 7) is 3.90. The Kier molecular flexibility index (Phi) is 5.36. The average molecular weight is 333 g/mol. The molecule has 122 valence electrons. The van der Waals surface area contributed by atoms with Crippen LogP contribution >= 0.6 is 11.6 Å². The standard InChI is InChI=1S/C18H21ClN2O2/c19-17-7-6-16(23-17)18(22)20-10-8-15-9-11-21(13-15)12-14-4-2-1-3-5-14/h1-7,15H,8-13H2,(H,20,22)/t15-/m1/s1. The first-order valence-corrected chi connectivity index (χ1v) is 8.38. The summed E-state index contributed by atoms with van der Waals surface area (Å²) < 4.78 is 5.10. The van der Waals surface area contributed by atoms with E-state index >= 15 is 0 Å². The third kappa shape index (κ3) is 4.60. The molecule has 1 aromatic heterocycles. The van der Waals surface area contributed by atoms with Gasteiger partial charge in [0.2, 0.25) is 0 Å². The summed E-state index contributed by atoms with van der Waals surface area (Å²) in [6, 6.07) is 13.7. The quantitative estimate of drug-likeness (QED) is 0.879. The van der Waals surface area contributed by atoms with Gasteiger partial charge in [-0.2, -0.15) is 0 Å². The Labute approximate surface area is 141 Å². The summed E-state index contributed by atoms with van der Waals surface area (Å²) in [5.74, 6) is 0.711. The number of likely N-dealkylation sites (tertiary alicyclic amines) is 1. The molecule has 1 aliphatic heterocycles. The monoisotopic (exact) mass is 332 g/mol. The molecule has 4 nitrogen and oxygen atoms in total. The molecular formula is C18H21ClN2O2. The van der Waals surface area contributed by atoms with Gasteiger partial charge in [-0.15, -0.1) is 0 Å². The summed E-state index contributed by atoms with van der Waals surface area (Å²) >= 11 is 5.67. The summed E-state index contributed by atoms with van der Waals surface area (Å²) in [5.41, 5.74) is 1.36. The highest BCUT2D eigenvalue weighted by Crippen LogP contribution is 2.21. The molecular weight excluding hydrogens is 312 g/mol. The van der Waals surface area contributed by atoms with Crippen LogP contribution in [-0.2, 0) is 6.54 Å². The fraction of sp³-hybridized carbons (Fsp3) is 0.389. The first-order valence-electron chi connectivity index (χ1n) is 8.00. The van der Waals surface area contributed by atoms with Crippen LogP contribution in [0.5, 0.6) is 0 Å². The number of halogens is 1. The van der Waals surface area contributed by atoms with Crippen molar-refractivity contribution in [2.24, 2.45) is 5.92 Å². The number of nitrogens with zero attached hydrogens (tertiary/aromatic N) is 1. The number of benzene rings is 1. The van der Waals surface area contributed by atoms with Gasteiger partial charge in [-0.3, -0.25) is 9.69 Å². The lowest BCUT2D eigenvalue weighted by molar-refractivity contribution is 0.0924. The lowest BCUT2D eigenvalue weighted by Gasteiger charge is -2.16. The van der Waals surface area contributed by atoms with E-state index in [1.54, 1.807) is 12.1 Å². The topological polar surface area (TPSA) is 45.5 Å². The van der Waals surface area contributed by atoms with Crippen molar-refractivity contribution in [2.75, 3.05) is 19.6 Å². The first kappa shape index (κ1) is 16.1. The molecule has 0 unspecified atom stereocenters. The second-order valence-corrected chi connectivity index (χ2v) is 6.40. The SMILES string of the molecule is O=C(NCC[C@@H]1CCN(Cc2ccccc2)C1)c1ccc(Cl)o1. The van der Waals surface area contributed by atoms with Crippen LogP contribution in [0.15, 0.2) is 46.9 Å². The fourth-order valence-corrected chi connectivity index (χ4v) is 3.19. The van der Waals surface area contributed by atoms with Crippen LogP contribution in [0.4, 0.5) is 0 Å². The van der Waals surface area contributed by atoms with Crippen LogP contribution in [0.25, 0.3) is 0 Å². The van der Waals surface area contributed by atoms with Gasteiger partial charge in [0, 0.05) is 19.6 Å². The average Bonchev–Trinajstić information content (AvgIpc) is 3.17. The molecule has 5 heteroatoms. The summed E-state index contributed by atoms with van der Waals surface area (Å²) in [6.07, 6.45) is 2.18. The third-order valence-electron chi connectivity index (χ3n) is 4.25. The Bertz CT molecular complexity index is 641. The van der Waals surface area contributed by atoms with E-state index in [4.69, 9.17) is 16.0 Å². The smallest absolute Gasteiger partial charge is 0.287 e. The number of amides is 1. The molecule has 1 atom stereocenters. The maximum absolute atomic E-state index is 11.9. The number of rotatable bonds is 6. The molecule has 1 aromatic carbocycles. The second kappa shape index (κ2) is 7.66. The minimum absolute atomic E-state index is 0.198. The minimum Gasteiger partial charge on any atom is -0.440 e. The van der Waals surface area contributed by atoms with Crippen LogP contribution in [0.3, 0.4) is 0 Å². The normalized spacial score (nSPS) is 18.2. The number of hydrogen-bond acceptors (Lipinski definition) is 3. The van der Waals surface area contributed by atoms with E-state index in [1.165, 1.54) is 12.0 Å².